The summed E-state index contributed by atoms with van der Waals surface area (Å²) >= 11 is 0. The van der Waals surface area contributed by atoms with E-state index in [0.29, 0.717) is 17.8 Å². The summed E-state index contributed by atoms with van der Waals surface area (Å²) < 4.78 is 0. The van der Waals surface area contributed by atoms with E-state index < -0.39 is 6.03 Å². The van der Waals surface area contributed by atoms with Crippen LogP contribution in [0.2, 0.25) is 0 Å². The van der Waals surface area contributed by atoms with Gasteiger partial charge in [0.2, 0.25) is 0 Å². The van der Waals surface area contributed by atoms with E-state index >= 15 is 0 Å². The molecule has 1 aromatic heterocycles. The molecule has 98 valence electrons. The Balaban J connectivity index is 1.93. The van der Waals surface area contributed by atoms with Crippen LogP contribution in [0.25, 0.3) is 0 Å². The third-order valence-corrected chi connectivity index (χ3v) is 2.41. The van der Waals surface area contributed by atoms with Crippen LogP contribution < -0.4 is 16.4 Å². The number of H-pyrrole nitrogens is 1. The molecule has 0 saturated carbocycles. The number of nitrogens with one attached hydrogen (secondary N) is 3. The van der Waals surface area contributed by atoms with E-state index in [9.17, 15) is 9.59 Å². The number of hydrogen-bond donors (Lipinski definition) is 4. The molecule has 0 radical (unpaired) electrons. The Morgan fingerprint density at radius 2 is 1.95 bits per heavy atom. The Morgan fingerprint density at radius 3 is 2.53 bits per heavy atom. The van der Waals surface area contributed by atoms with Crippen molar-refractivity contribution < 1.29 is 9.59 Å². The van der Waals surface area contributed by atoms with Crippen molar-refractivity contribution in [2.75, 3.05) is 5.32 Å². The molecule has 0 aliphatic carbocycles. The third kappa shape index (κ3) is 3.56. The molecule has 1 aromatic carbocycles. The minimum atomic E-state index is -0.642. The fourth-order valence-corrected chi connectivity index (χ4v) is 1.51. The van der Waals surface area contributed by atoms with E-state index in [2.05, 4.69) is 20.8 Å². The molecule has 0 saturated heterocycles. The molecule has 0 fully saturated rings. The molecule has 7 heteroatoms. The van der Waals surface area contributed by atoms with Gasteiger partial charge in [-0.1, -0.05) is 0 Å². The zero-order valence-corrected chi connectivity index (χ0v) is 10.0. The molecular formula is C12H13N5O2. The maximum Gasteiger partial charge on any atom is 0.316 e. The number of amides is 3. The van der Waals surface area contributed by atoms with Crippen LogP contribution in [0.1, 0.15) is 16.1 Å². The molecule has 0 spiro atoms. The molecular weight excluding hydrogens is 246 g/mol. The normalized spacial score (nSPS) is 9.89. The van der Waals surface area contributed by atoms with Crippen LogP contribution in [0.4, 0.5) is 10.5 Å². The van der Waals surface area contributed by atoms with Crippen molar-refractivity contribution in [2.45, 2.75) is 6.54 Å². The monoisotopic (exact) mass is 259 g/mol. The van der Waals surface area contributed by atoms with Crippen LogP contribution in [-0.2, 0) is 6.54 Å². The van der Waals surface area contributed by atoms with Crippen molar-refractivity contribution in [3.63, 3.8) is 0 Å². The second kappa shape index (κ2) is 5.67. The summed E-state index contributed by atoms with van der Waals surface area (Å²) in [7, 11) is 0. The zero-order chi connectivity index (χ0) is 13.7. The molecule has 0 atom stereocenters. The highest BCUT2D eigenvalue weighted by atomic mass is 16.2. The molecule has 1 heterocycles. The second-order valence-electron chi connectivity index (χ2n) is 3.83. The van der Waals surface area contributed by atoms with Gasteiger partial charge in [-0.25, -0.2) is 4.79 Å². The summed E-state index contributed by atoms with van der Waals surface area (Å²) in [5.74, 6) is -0.208. The Bertz CT molecular complexity index is 562. The van der Waals surface area contributed by atoms with Crippen molar-refractivity contribution in [1.29, 1.82) is 0 Å². The third-order valence-electron chi connectivity index (χ3n) is 2.41. The molecule has 3 amide bonds. The lowest BCUT2D eigenvalue weighted by Gasteiger charge is -2.05. The lowest BCUT2D eigenvalue weighted by atomic mass is 10.2. The molecule has 2 aromatic rings. The van der Waals surface area contributed by atoms with Gasteiger partial charge >= 0.3 is 6.03 Å². The Morgan fingerprint density at radius 1 is 1.21 bits per heavy atom. The number of urea groups is 1. The summed E-state index contributed by atoms with van der Waals surface area (Å²) in [6, 6.07) is 7.56. The summed E-state index contributed by atoms with van der Waals surface area (Å²) in [6.45, 7) is 0.375. The van der Waals surface area contributed by atoms with Gasteiger partial charge in [0.25, 0.3) is 5.91 Å². The van der Waals surface area contributed by atoms with Crippen LogP contribution in [0, 0.1) is 0 Å². The van der Waals surface area contributed by atoms with Gasteiger partial charge in [-0.15, -0.1) is 0 Å². The average Bonchev–Trinajstić information content (AvgIpc) is 2.89. The van der Waals surface area contributed by atoms with E-state index in [-0.39, 0.29) is 5.91 Å². The number of carbonyl (C=O) groups excluding carboxylic acids is 2. The number of nitrogens with zero attached hydrogens (tertiary/aromatic N) is 1. The lowest BCUT2D eigenvalue weighted by Crippen LogP contribution is -2.23. The summed E-state index contributed by atoms with van der Waals surface area (Å²) in [6.07, 6.45) is 1.62. The summed E-state index contributed by atoms with van der Waals surface area (Å²) in [5, 5.41) is 11.7. The Kier molecular flexibility index (Phi) is 3.77. The van der Waals surface area contributed by atoms with E-state index in [1.165, 1.54) is 0 Å². The first kappa shape index (κ1) is 12.6. The van der Waals surface area contributed by atoms with Crippen LogP contribution in [-0.4, -0.2) is 22.1 Å². The average molecular weight is 259 g/mol. The summed E-state index contributed by atoms with van der Waals surface area (Å²) in [4.78, 5) is 22.5. The predicted molar refractivity (Wildman–Crippen MR) is 69.4 cm³/mol. The van der Waals surface area contributed by atoms with E-state index in [1.807, 2.05) is 0 Å². The van der Waals surface area contributed by atoms with Gasteiger partial charge in [0, 0.05) is 17.4 Å². The number of carbonyl (C=O) groups is 2. The molecule has 5 N–H and O–H groups in total. The number of benzene rings is 1. The first-order valence-electron chi connectivity index (χ1n) is 5.58. The van der Waals surface area contributed by atoms with Gasteiger partial charge in [-0.05, 0) is 30.3 Å². The number of anilines is 1. The molecule has 0 aliphatic heterocycles. The van der Waals surface area contributed by atoms with Gasteiger partial charge in [-0.3, -0.25) is 9.89 Å². The fourth-order valence-electron chi connectivity index (χ4n) is 1.51. The maximum atomic E-state index is 11.8. The smallest absolute Gasteiger partial charge is 0.316 e. The minimum Gasteiger partial charge on any atom is -0.351 e. The number of aromatic amines is 1. The molecule has 7 nitrogen and oxygen atoms in total. The highest BCUT2D eigenvalue weighted by Gasteiger charge is 2.05. The highest BCUT2D eigenvalue weighted by molar-refractivity contribution is 5.95. The number of hydrogen-bond acceptors (Lipinski definition) is 3. The quantitative estimate of drug-likeness (QED) is 0.652. The minimum absolute atomic E-state index is 0.208. The number of primary amides is 1. The number of aromatic nitrogens is 2. The van der Waals surface area contributed by atoms with E-state index in [0.717, 1.165) is 5.69 Å². The second-order valence-corrected chi connectivity index (χ2v) is 3.83. The van der Waals surface area contributed by atoms with E-state index in [1.54, 1.807) is 36.5 Å². The van der Waals surface area contributed by atoms with Gasteiger partial charge in [0.1, 0.15) is 0 Å². The van der Waals surface area contributed by atoms with Crippen LogP contribution in [0.5, 0.6) is 0 Å². The topological polar surface area (TPSA) is 113 Å². The van der Waals surface area contributed by atoms with Crippen molar-refractivity contribution in [2.24, 2.45) is 5.73 Å². The van der Waals surface area contributed by atoms with Crippen LogP contribution in [0.3, 0.4) is 0 Å². The molecule has 0 bridgehead atoms. The lowest BCUT2D eigenvalue weighted by molar-refractivity contribution is 0.0950. The highest BCUT2D eigenvalue weighted by Crippen LogP contribution is 2.09. The number of rotatable bonds is 4. The largest absolute Gasteiger partial charge is 0.351 e. The molecule has 2 rings (SSSR count). The van der Waals surface area contributed by atoms with Gasteiger partial charge in [0.05, 0.1) is 12.2 Å². The van der Waals surface area contributed by atoms with Crippen molar-refractivity contribution >= 4 is 17.6 Å². The van der Waals surface area contributed by atoms with Crippen molar-refractivity contribution in [3.8, 4) is 0 Å². The molecule has 0 unspecified atom stereocenters. The van der Waals surface area contributed by atoms with Gasteiger partial charge in [-0.2, -0.15) is 5.10 Å². The standard InChI is InChI=1S/C12H13N5O2/c13-12(19)16-9-3-1-8(2-4-9)11(18)14-7-10-5-6-15-17-10/h1-6H,7H2,(H,14,18)(H,15,17)(H3,13,16,19). The fraction of sp³-hybridized carbons (Fsp3) is 0.0833. The van der Waals surface area contributed by atoms with E-state index in [4.69, 9.17) is 5.73 Å². The maximum absolute atomic E-state index is 11.8. The van der Waals surface area contributed by atoms with Gasteiger partial charge < -0.3 is 16.4 Å². The predicted octanol–water partition coefficient (Wildman–Crippen LogP) is 0.830. The van der Waals surface area contributed by atoms with Crippen LogP contribution >= 0.6 is 0 Å². The zero-order valence-electron chi connectivity index (χ0n) is 10.0. The van der Waals surface area contributed by atoms with Crippen LogP contribution in [0.15, 0.2) is 36.5 Å². The van der Waals surface area contributed by atoms with Gasteiger partial charge in [0.15, 0.2) is 0 Å². The summed E-state index contributed by atoms with van der Waals surface area (Å²) in [5.41, 5.74) is 6.84. The first-order chi connectivity index (χ1) is 9.15. The molecule has 19 heavy (non-hydrogen) atoms. The SMILES string of the molecule is NC(=O)Nc1ccc(C(=O)NCc2ccn[nH]2)cc1. The van der Waals surface area contributed by atoms with Crippen molar-refractivity contribution in [1.82, 2.24) is 15.5 Å². The number of nitrogens with two attached hydrogens (primary N) is 1. The Labute approximate surface area is 109 Å². The van der Waals surface area contributed by atoms with Crippen molar-refractivity contribution in [3.05, 3.63) is 47.8 Å². The first-order valence-corrected chi connectivity index (χ1v) is 5.58. The molecule has 0 aliphatic rings. The Hall–Kier alpha value is -2.83.